The van der Waals surface area contributed by atoms with Gasteiger partial charge < -0.3 is 5.32 Å². The lowest BCUT2D eigenvalue weighted by Crippen LogP contribution is -2.44. The maximum absolute atomic E-state index is 13.3. The Kier molecular flexibility index (Phi) is 4.37. The molecule has 0 aromatic heterocycles. The topological polar surface area (TPSA) is 66.5 Å². The number of hydrogen-bond acceptors (Lipinski definition) is 3. The van der Waals surface area contributed by atoms with E-state index in [0.29, 0.717) is 29.5 Å². The quantitative estimate of drug-likeness (QED) is 0.650. The zero-order valence-corrected chi connectivity index (χ0v) is 12.7. The number of halogens is 1. The Morgan fingerprint density at radius 1 is 1.04 bits per heavy atom. The van der Waals surface area contributed by atoms with E-state index < -0.39 is 6.04 Å². The molecule has 0 saturated heterocycles. The van der Waals surface area contributed by atoms with Crippen molar-refractivity contribution in [1.82, 2.24) is 10.2 Å². The number of benzene rings is 2. The summed E-state index contributed by atoms with van der Waals surface area (Å²) in [6, 6.07) is 12.1. The normalized spacial score (nSPS) is 14.5. The Balaban J connectivity index is 1.78. The third-order valence-electron chi connectivity index (χ3n) is 3.96. The first kappa shape index (κ1) is 15.9. The third kappa shape index (κ3) is 3.03. The molecule has 6 heteroatoms. The molecular weight excluding hydrogens is 311 g/mol. The lowest BCUT2D eigenvalue weighted by Gasteiger charge is -2.22. The summed E-state index contributed by atoms with van der Waals surface area (Å²) in [5.74, 6) is -1.14. The maximum atomic E-state index is 13.3. The lowest BCUT2D eigenvalue weighted by atomic mass is 10.1. The number of nitrogens with one attached hydrogen (secondary N) is 1. The second-order valence-electron chi connectivity index (χ2n) is 5.58. The fraction of sp³-hybridized carbons (Fsp3) is 0.167. The van der Waals surface area contributed by atoms with Gasteiger partial charge in [0.25, 0.3) is 11.8 Å². The van der Waals surface area contributed by atoms with Crippen LogP contribution in [0.15, 0.2) is 48.5 Å². The van der Waals surface area contributed by atoms with E-state index >= 15 is 0 Å². The Hall–Kier alpha value is -3.02. The highest BCUT2D eigenvalue weighted by Crippen LogP contribution is 2.23. The Bertz CT molecular complexity index is 771. The van der Waals surface area contributed by atoms with Crippen molar-refractivity contribution in [3.8, 4) is 0 Å². The Morgan fingerprint density at radius 3 is 2.29 bits per heavy atom. The fourth-order valence-electron chi connectivity index (χ4n) is 2.85. The molecule has 0 spiro atoms. The zero-order chi connectivity index (χ0) is 17.1. The van der Waals surface area contributed by atoms with Gasteiger partial charge >= 0.3 is 0 Å². The van der Waals surface area contributed by atoms with Crippen molar-refractivity contribution in [3.63, 3.8) is 0 Å². The van der Waals surface area contributed by atoms with Crippen molar-refractivity contribution in [1.29, 1.82) is 0 Å². The molecule has 5 nitrogen and oxygen atoms in total. The minimum Gasteiger partial charge on any atom is -0.354 e. The number of amides is 3. The number of imide groups is 1. The van der Waals surface area contributed by atoms with Crippen molar-refractivity contribution in [2.75, 3.05) is 6.54 Å². The summed E-state index contributed by atoms with van der Waals surface area (Å²) >= 11 is 0. The van der Waals surface area contributed by atoms with Crippen LogP contribution in [0.3, 0.4) is 0 Å². The number of carbonyl (C=O) groups excluding carboxylic acids is 3. The van der Waals surface area contributed by atoms with E-state index in [2.05, 4.69) is 5.32 Å². The molecule has 0 aliphatic carbocycles. The molecule has 1 heterocycles. The molecule has 24 heavy (non-hydrogen) atoms. The van der Waals surface area contributed by atoms with Gasteiger partial charge in [-0.05, 0) is 36.2 Å². The predicted octanol–water partition coefficient (Wildman–Crippen LogP) is 1.78. The van der Waals surface area contributed by atoms with Crippen molar-refractivity contribution < 1.29 is 18.8 Å². The second kappa shape index (κ2) is 6.62. The third-order valence-corrected chi connectivity index (χ3v) is 3.96. The minimum absolute atomic E-state index is 0.0294. The van der Waals surface area contributed by atoms with Crippen LogP contribution in [0, 0.1) is 5.82 Å². The maximum Gasteiger partial charge on any atom is 0.261 e. The van der Waals surface area contributed by atoms with Gasteiger partial charge in [-0.2, -0.15) is 0 Å². The Morgan fingerprint density at radius 2 is 1.71 bits per heavy atom. The van der Waals surface area contributed by atoms with Gasteiger partial charge in [0.05, 0.1) is 17.2 Å². The van der Waals surface area contributed by atoms with Crippen LogP contribution in [0.2, 0.25) is 0 Å². The molecule has 0 bridgehead atoms. The average molecular weight is 326 g/mol. The van der Waals surface area contributed by atoms with E-state index in [1.54, 1.807) is 36.4 Å². The van der Waals surface area contributed by atoms with Gasteiger partial charge in [-0.3, -0.25) is 19.3 Å². The van der Waals surface area contributed by atoms with Gasteiger partial charge in [-0.15, -0.1) is 0 Å². The number of hydrogen-bond donors (Lipinski definition) is 1. The van der Waals surface area contributed by atoms with E-state index in [4.69, 9.17) is 0 Å². The van der Waals surface area contributed by atoms with Gasteiger partial charge in [0, 0.05) is 6.54 Å². The van der Waals surface area contributed by atoms with Gasteiger partial charge in [-0.1, -0.05) is 24.3 Å². The van der Waals surface area contributed by atoms with Gasteiger partial charge in [0.1, 0.15) is 5.82 Å². The predicted molar refractivity (Wildman–Crippen MR) is 84.9 cm³/mol. The van der Waals surface area contributed by atoms with Crippen LogP contribution in [0.4, 0.5) is 4.39 Å². The molecule has 1 aliphatic heterocycles. The molecular formula is C18H15FN2O3. The largest absolute Gasteiger partial charge is 0.354 e. The highest BCUT2D eigenvalue weighted by Gasteiger charge is 2.36. The van der Waals surface area contributed by atoms with Crippen LogP contribution >= 0.6 is 0 Å². The standard InChI is InChI=1S/C18H15FN2O3/c19-13-5-3-4-12(8-13)9-14(20-11-22)10-21-17(23)15-6-1-2-7-16(15)18(21)24/h1-8,11,14H,9-10H2,(H,20,22)/t14-/m0/s1. The molecule has 3 rings (SSSR count). The van der Waals surface area contributed by atoms with E-state index in [1.807, 2.05) is 0 Å². The monoisotopic (exact) mass is 326 g/mol. The van der Waals surface area contributed by atoms with Crippen LogP contribution in [-0.2, 0) is 11.2 Å². The van der Waals surface area contributed by atoms with E-state index in [1.165, 1.54) is 12.1 Å². The molecule has 0 unspecified atom stereocenters. The number of rotatable bonds is 6. The molecule has 122 valence electrons. The molecule has 2 aromatic rings. The summed E-state index contributed by atoms with van der Waals surface area (Å²) in [5, 5.41) is 2.60. The van der Waals surface area contributed by atoms with Crippen LogP contribution in [0.5, 0.6) is 0 Å². The molecule has 2 aromatic carbocycles. The van der Waals surface area contributed by atoms with Crippen LogP contribution < -0.4 is 5.32 Å². The smallest absolute Gasteiger partial charge is 0.261 e. The molecule has 0 saturated carbocycles. The zero-order valence-electron chi connectivity index (χ0n) is 12.7. The molecule has 3 amide bonds. The fourth-order valence-corrected chi connectivity index (χ4v) is 2.85. The highest BCUT2D eigenvalue weighted by atomic mass is 19.1. The molecule has 0 fully saturated rings. The van der Waals surface area contributed by atoms with Crippen molar-refractivity contribution in [2.24, 2.45) is 0 Å². The first-order chi connectivity index (χ1) is 11.6. The number of nitrogens with zero attached hydrogens (tertiary/aromatic N) is 1. The minimum atomic E-state index is -0.494. The SMILES string of the molecule is O=CN[C@@H](Cc1cccc(F)c1)CN1C(=O)c2ccccc2C1=O. The first-order valence-electron chi connectivity index (χ1n) is 7.49. The van der Waals surface area contributed by atoms with Crippen LogP contribution in [-0.4, -0.2) is 35.7 Å². The average Bonchev–Trinajstić information content (AvgIpc) is 2.81. The highest BCUT2D eigenvalue weighted by molar-refractivity contribution is 6.21. The molecule has 1 aliphatic rings. The lowest BCUT2D eigenvalue weighted by molar-refractivity contribution is -0.110. The molecule has 1 N–H and O–H groups in total. The van der Waals surface area contributed by atoms with Crippen molar-refractivity contribution in [2.45, 2.75) is 12.5 Å². The molecule has 1 atom stereocenters. The molecule has 0 radical (unpaired) electrons. The van der Waals surface area contributed by atoms with E-state index in [9.17, 15) is 18.8 Å². The summed E-state index contributed by atoms with van der Waals surface area (Å²) < 4.78 is 13.3. The van der Waals surface area contributed by atoms with E-state index in [-0.39, 0.29) is 24.2 Å². The summed E-state index contributed by atoms with van der Waals surface area (Å²) in [4.78, 5) is 36.7. The van der Waals surface area contributed by atoms with Gasteiger partial charge in [0.15, 0.2) is 0 Å². The second-order valence-corrected chi connectivity index (χ2v) is 5.58. The van der Waals surface area contributed by atoms with Crippen molar-refractivity contribution in [3.05, 3.63) is 71.0 Å². The summed E-state index contributed by atoms with van der Waals surface area (Å²) in [5.41, 5.74) is 1.39. The van der Waals surface area contributed by atoms with Crippen molar-refractivity contribution >= 4 is 18.2 Å². The summed E-state index contributed by atoms with van der Waals surface area (Å²) in [6.07, 6.45) is 0.825. The first-order valence-corrected chi connectivity index (χ1v) is 7.49. The van der Waals surface area contributed by atoms with Crippen LogP contribution in [0.25, 0.3) is 0 Å². The number of carbonyl (C=O) groups is 3. The number of fused-ring (bicyclic) bond motifs is 1. The van der Waals surface area contributed by atoms with Crippen LogP contribution in [0.1, 0.15) is 26.3 Å². The summed E-state index contributed by atoms with van der Waals surface area (Å²) in [7, 11) is 0. The van der Waals surface area contributed by atoms with Gasteiger partial charge in [0.2, 0.25) is 6.41 Å². The van der Waals surface area contributed by atoms with E-state index in [0.717, 1.165) is 4.90 Å². The summed E-state index contributed by atoms with van der Waals surface area (Å²) in [6.45, 7) is 0.0294. The van der Waals surface area contributed by atoms with Gasteiger partial charge in [-0.25, -0.2) is 4.39 Å². The Labute approximate surface area is 138 Å².